The van der Waals surface area contributed by atoms with E-state index in [0.717, 1.165) is 54.4 Å². The van der Waals surface area contributed by atoms with Crippen molar-refractivity contribution in [3.05, 3.63) is 70.3 Å². The second-order valence-corrected chi connectivity index (χ2v) is 11.0. The molecule has 0 saturated carbocycles. The molecule has 34 heavy (non-hydrogen) atoms. The predicted molar refractivity (Wildman–Crippen MR) is 139 cm³/mol. The Morgan fingerprint density at radius 2 is 1.71 bits per heavy atom. The van der Waals surface area contributed by atoms with Gasteiger partial charge in [0.1, 0.15) is 17.1 Å². The molecule has 0 unspecified atom stereocenters. The molecule has 2 aromatic carbocycles. The molecule has 3 rings (SSSR count). The predicted octanol–water partition coefficient (Wildman–Crippen LogP) is 7.05. The van der Waals surface area contributed by atoms with Gasteiger partial charge in [-0.1, -0.05) is 31.6 Å². The minimum Gasteiger partial charge on any atom is -0.508 e. The number of aromatic hydroxyl groups is 3. The quantitative estimate of drug-likeness (QED) is 0.366. The fourth-order valence-corrected chi connectivity index (χ4v) is 4.64. The van der Waals surface area contributed by atoms with Crippen molar-refractivity contribution in [3.8, 4) is 23.0 Å². The third kappa shape index (κ3) is 5.60. The average Bonchev–Trinajstić information content (AvgIpc) is 2.74. The first-order valence-electron chi connectivity index (χ1n) is 12.2. The lowest BCUT2D eigenvalue weighted by molar-refractivity contribution is 0.0802. The van der Waals surface area contributed by atoms with E-state index in [2.05, 4.69) is 40.3 Å². The highest BCUT2D eigenvalue weighted by molar-refractivity contribution is 5.56. The van der Waals surface area contributed by atoms with Gasteiger partial charge in [-0.15, -0.1) is 6.58 Å². The molecule has 0 aliphatic carbocycles. The van der Waals surface area contributed by atoms with Gasteiger partial charge < -0.3 is 20.1 Å². The number of phenols is 3. The summed E-state index contributed by atoms with van der Waals surface area (Å²) >= 11 is 0. The summed E-state index contributed by atoms with van der Waals surface area (Å²) in [7, 11) is 0. The molecule has 2 aromatic rings. The zero-order valence-corrected chi connectivity index (χ0v) is 21.6. The molecule has 0 saturated heterocycles. The number of benzene rings is 2. The number of ether oxygens (including phenoxy) is 1. The van der Waals surface area contributed by atoms with Gasteiger partial charge in [-0.05, 0) is 95.0 Å². The summed E-state index contributed by atoms with van der Waals surface area (Å²) in [5, 5.41) is 31.6. The number of hydrogen-bond donors (Lipinski definition) is 3. The number of allylic oxidation sites excluding steroid dienone is 3. The first kappa shape index (κ1) is 25.7. The summed E-state index contributed by atoms with van der Waals surface area (Å²) in [4.78, 5) is 0. The molecule has 4 heteroatoms. The number of rotatable bonds is 8. The van der Waals surface area contributed by atoms with Crippen LogP contribution in [0.2, 0.25) is 0 Å². The highest BCUT2D eigenvalue weighted by Gasteiger charge is 2.31. The van der Waals surface area contributed by atoms with E-state index in [1.54, 1.807) is 6.08 Å². The number of fused-ring (bicyclic) bond motifs is 1. The number of phenolic OH excluding ortho intramolecular Hbond substituents is 3. The van der Waals surface area contributed by atoms with Gasteiger partial charge in [-0.3, -0.25) is 0 Å². The number of hydrogen-bond acceptors (Lipinski definition) is 4. The Bertz CT molecular complexity index is 1100. The summed E-state index contributed by atoms with van der Waals surface area (Å²) in [6.07, 6.45) is 8.88. The van der Waals surface area contributed by atoms with Crippen LogP contribution in [0, 0.1) is 0 Å². The highest BCUT2D eigenvalue weighted by Crippen LogP contribution is 2.44. The van der Waals surface area contributed by atoms with Crippen LogP contribution in [0.15, 0.2) is 42.5 Å². The minimum atomic E-state index is -0.401. The van der Waals surface area contributed by atoms with Crippen LogP contribution in [0.3, 0.4) is 0 Å². The van der Waals surface area contributed by atoms with Crippen molar-refractivity contribution in [1.29, 1.82) is 0 Å². The lowest BCUT2D eigenvalue weighted by Crippen LogP contribution is -2.33. The summed E-state index contributed by atoms with van der Waals surface area (Å²) in [5.41, 5.74) is 5.63. The van der Waals surface area contributed by atoms with Crippen molar-refractivity contribution >= 4 is 0 Å². The monoisotopic (exact) mass is 464 g/mol. The van der Waals surface area contributed by atoms with E-state index < -0.39 is 5.41 Å². The Morgan fingerprint density at radius 1 is 1.03 bits per heavy atom. The van der Waals surface area contributed by atoms with Crippen LogP contribution >= 0.6 is 0 Å². The molecule has 1 heterocycles. The zero-order valence-electron chi connectivity index (χ0n) is 21.6. The van der Waals surface area contributed by atoms with Gasteiger partial charge in [0, 0.05) is 22.6 Å². The van der Waals surface area contributed by atoms with E-state index >= 15 is 0 Å². The minimum absolute atomic E-state index is 0.0812. The highest BCUT2D eigenvalue weighted by atomic mass is 16.5. The first-order valence-corrected chi connectivity index (χ1v) is 12.2. The van der Waals surface area contributed by atoms with Crippen molar-refractivity contribution in [1.82, 2.24) is 0 Å². The molecule has 3 N–H and O–H groups in total. The van der Waals surface area contributed by atoms with Crippen molar-refractivity contribution in [2.24, 2.45) is 0 Å². The summed E-state index contributed by atoms with van der Waals surface area (Å²) in [5.74, 6) is 1.03. The van der Waals surface area contributed by atoms with E-state index in [0.29, 0.717) is 12.2 Å². The van der Waals surface area contributed by atoms with Crippen molar-refractivity contribution < 1.29 is 20.1 Å². The normalized spacial score (nSPS) is 14.8. The molecule has 0 fully saturated rings. The average molecular weight is 465 g/mol. The third-order valence-electron chi connectivity index (χ3n) is 6.93. The largest absolute Gasteiger partial charge is 0.508 e. The summed E-state index contributed by atoms with van der Waals surface area (Å²) in [6.45, 7) is 16.2. The van der Waals surface area contributed by atoms with Crippen LogP contribution in [-0.4, -0.2) is 20.9 Å². The first-order chi connectivity index (χ1) is 15.8. The van der Waals surface area contributed by atoms with Gasteiger partial charge >= 0.3 is 0 Å². The van der Waals surface area contributed by atoms with Gasteiger partial charge in [-0.25, -0.2) is 0 Å². The van der Waals surface area contributed by atoms with Crippen LogP contribution in [0.25, 0.3) is 0 Å². The Balaban J connectivity index is 1.89. The fourth-order valence-electron chi connectivity index (χ4n) is 4.64. The van der Waals surface area contributed by atoms with E-state index in [9.17, 15) is 15.3 Å². The second kappa shape index (κ2) is 9.77. The Morgan fingerprint density at radius 3 is 2.35 bits per heavy atom. The van der Waals surface area contributed by atoms with Crippen LogP contribution in [0.5, 0.6) is 23.0 Å². The topological polar surface area (TPSA) is 69.9 Å². The SMILES string of the molecule is C=CC(C)(C)c1cc(CCCc2cc(O)c3c(c2CC=C(C)C)CCC(C)(C)O3)c(O)cc1O. The smallest absolute Gasteiger partial charge is 0.165 e. The van der Waals surface area contributed by atoms with Crippen molar-refractivity contribution in [2.45, 2.75) is 91.1 Å². The second-order valence-electron chi connectivity index (χ2n) is 11.0. The van der Waals surface area contributed by atoms with Gasteiger partial charge in [0.15, 0.2) is 11.5 Å². The van der Waals surface area contributed by atoms with E-state index in [-0.39, 0.29) is 22.8 Å². The maximum Gasteiger partial charge on any atom is 0.165 e. The van der Waals surface area contributed by atoms with E-state index in [1.165, 1.54) is 17.2 Å². The molecule has 0 spiro atoms. The number of aryl methyl sites for hydroxylation is 2. The van der Waals surface area contributed by atoms with Crippen LogP contribution in [-0.2, 0) is 31.1 Å². The molecular weight excluding hydrogens is 424 g/mol. The molecule has 4 nitrogen and oxygen atoms in total. The maximum atomic E-state index is 10.8. The molecule has 1 aliphatic rings. The van der Waals surface area contributed by atoms with Crippen molar-refractivity contribution in [3.63, 3.8) is 0 Å². The molecule has 0 aromatic heterocycles. The zero-order chi connectivity index (χ0) is 25.3. The standard InChI is InChI=1S/C30H40O4/c1-8-29(4,5)24-16-21(25(31)18-26(24)32)11-9-10-20-17-27(33)28-23(14-15-30(6,7)34-28)22(20)13-12-19(2)3/h8,12,16-18,31-33H,1,9-11,13-15H2,2-7H3. The molecule has 184 valence electrons. The molecule has 0 radical (unpaired) electrons. The van der Waals surface area contributed by atoms with E-state index in [1.807, 2.05) is 26.0 Å². The molecule has 0 amide bonds. The van der Waals surface area contributed by atoms with Crippen LogP contribution < -0.4 is 4.74 Å². The van der Waals surface area contributed by atoms with Crippen LogP contribution in [0.4, 0.5) is 0 Å². The molecule has 0 bridgehead atoms. The Hall–Kier alpha value is -2.88. The third-order valence-corrected chi connectivity index (χ3v) is 6.93. The maximum absolute atomic E-state index is 10.8. The van der Waals surface area contributed by atoms with Gasteiger partial charge in [-0.2, -0.15) is 0 Å². The molecular formula is C30H40O4. The van der Waals surface area contributed by atoms with Gasteiger partial charge in [0.05, 0.1) is 0 Å². The fraction of sp³-hybridized carbons (Fsp3) is 0.467. The van der Waals surface area contributed by atoms with Gasteiger partial charge in [0.2, 0.25) is 0 Å². The summed E-state index contributed by atoms with van der Waals surface area (Å²) in [6, 6.07) is 5.17. The van der Waals surface area contributed by atoms with Gasteiger partial charge in [0.25, 0.3) is 0 Å². The van der Waals surface area contributed by atoms with Crippen molar-refractivity contribution in [2.75, 3.05) is 0 Å². The van der Waals surface area contributed by atoms with E-state index in [4.69, 9.17) is 4.74 Å². The Labute approximate surface area is 204 Å². The molecule has 0 atom stereocenters. The summed E-state index contributed by atoms with van der Waals surface area (Å²) < 4.78 is 6.17. The molecule has 1 aliphatic heterocycles. The van der Waals surface area contributed by atoms with Crippen LogP contribution in [0.1, 0.15) is 82.2 Å². The lowest BCUT2D eigenvalue weighted by atomic mass is 9.82. The Kier molecular flexibility index (Phi) is 7.40. The lowest BCUT2D eigenvalue weighted by Gasteiger charge is -2.34.